The van der Waals surface area contributed by atoms with Crippen LogP contribution in [-0.4, -0.2) is 13.4 Å². The molecule has 1 heterocycles. The standard InChI is InChI=1S/C19H20N2O3S/c1-4-18-14(3)24-19(20-18)15-7-9-16(10-8-15)21-25(22,23)17-11-5-13(2)6-12-17/h5-12,21H,4H2,1-3H3. The Labute approximate surface area is 147 Å². The number of rotatable bonds is 5. The van der Waals surface area contributed by atoms with Crippen molar-refractivity contribution in [2.45, 2.75) is 32.1 Å². The lowest BCUT2D eigenvalue weighted by molar-refractivity contribution is 0.539. The van der Waals surface area contributed by atoms with Crippen molar-refractivity contribution in [3.63, 3.8) is 0 Å². The summed E-state index contributed by atoms with van der Waals surface area (Å²) < 4.78 is 33.1. The molecule has 1 aromatic heterocycles. The molecular weight excluding hydrogens is 336 g/mol. The van der Waals surface area contributed by atoms with Gasteiger partial charge < -0.3 is 4.42 Å². The van der Waals surface area contributed by atoms with Crippen molar-refractivity contribution in [1.82, 2.24) is 4.98 Å². The fourth-order valence-corrected chi connectivity index (χ4v) is 3.55. The van der Waals surface area contributed by atoms with Crippen LogP contribution in [-0.2, 0) is 16.4 Å². The van der Waals surface area contributed by atoms with Crippen molar-refractivity contribution in [3.8, 4) is 11.5 Å². The van der Waals surface area contributed by atoms with Gasteiger partial charge in [0.25, 0.3) is 10.0 Å². The summed E-state index contributed by atoms with van der Waals surface area (Å²) in [5.41, 5.74) is 3.24. The molecule has 1 N–H and O–H groups in total. The third kappa shape index (κ3) is 3.74. The molecule has 0 aliphatic rings. The second kappa shape index (κ2) is 6.72. The maximum absolute atomic E-state index is 12.4. The first kappa shape index (κ1) is 17.2. The molecule has 0 radical (unpaired) electrons. The summed E-state index contributed by atoms with van der Waals surface area (Å²) in [6, 6.07) is 13.7. The minimum Gasteiger partial charge on any atom is -0.441 e. The monoisotopic (exact) mass is 356 g/mol. The minimum absolute atomic E-state index is 0.234. The van der Waals surface area contributed by atoms with Crippen molar-refractivity contribution in [1.29, 1.82) is 0 Å². The van der Waals surface area contributed by atoms with E-state index in [-0.39, 0.29) is 4.90 Å². The second-order valence-corrected chi connectivity index (χ2v) is 7.55. The molecule has 3 aromatic rings. The Balaban J connectivity index is 1.81. The number of aryl methyl sites for hydroxylation is 3. The maximum Gasteiger partial charge on any atom is 0.261 e. The summed E-state index contributed by atoms with van der Waals surface area (Å²) in [4.78, 5) is 4.69. The van der Waals surface area contributed by atoms with E-state index >= 15 is 0 Å². The Kier molecular flexibility index (Phi) is 4.63. The number of benzene rings is 2. The molecule has 0 atom stereocenters. The molecule has 0 saturated heterocycles. The molecule has 0 fully saturated rings. The topological polar surface area (TPSA) is 72.2 Å². The maximum atomic E-state index is 12.4. The van der Waals surface area contributed by atoms with E-state index in [4.69, 9.17) is 4.42 Å². The molecule has 25 heavy (non-hydrogen) atoms. The molecule has 130 valence electrons. The number of nitrogens with one attached hydrogen (secondary N) is 1. The molecule has 0 aliphatic heterocycles. The van der Waals surface area contributed by atoms with Crippen molar-refractivity contribution < 1.29 is 12.8 Å². The van der Waals surface area contributed by atoms with Gasteiger partial charge in [0, 0.05) is 11.3 Å². The van der Waals surface area contributed by atoms with Gasteiger partial charge >= 0.3 is 0 Å². The smallest absolute Gasteiger partial charge is 0.261 e. The Morgan fingerprint density at radius 2 is 1.64 bits per heavy atom. The highest BCUT2D eigenvalue weighted by Crippen LogP contribution is 2.24. The van der Waals surface area contributed by atoms with Gasteiger partial charge in [-0.05, 0) is 56.7 Å². The SMILES string of the molecule is CCc1nc(-c2ccc(NS(=O)(=O)c3ccc(C)cc3)cc2)oc1C. The molecule has 0 amide bonds. The van der Waals surface area contributed by atoms with Gasteiger partial charge in [-0.3, -0.25) is 4.72 Å². The van der Waals surface area contributed by atoms with E-state index in [1.54, 1.807) is 48.5 Å². The zero-order chi connectivity index (χ0) is 18.0. The largest absolute Gasteiger partial charge is 0.441 e. The lowest BCUT2D eigenvalue weighted by Gasteiger charge is -2.08. The first-order chi connectivity index (χ1) is 11.9. The number of hydrogen-bond acceptors (Lipinski definition) is 4. The highest BCUT2D eigenvalue weighted by atomic mass is 32.2. The summed E-state index contributed by atoms with van der Waals surface area (Å²) in [6.45, 7) is 5.83. The number of anilines is 1. The molecule has 0 saturated carbocycles. The second-order valence-electron chi connectivity index (χ2n) is 5.87. The van der Waals surface area contributed by atoms with Crippen LogP contribution in [0.4, 0.5) is 5.69 Å². The first-order valence-corrected chi connectivity index (χ1v) is 9.53. The molecule has 0 spiro atoms. The quantitative estimate of drug-likeness (QED) is 0.739. The number of sulfonamides is 1. The first-order valence-electron chi connectivity index (χ1n) is 8.05. The van der Waals surface area contributed by atoms with E-state index in [0.29, 0.717) is 11.6 Å². The lowest BCUT2D eigenvalue weighted by Crippen LogP contribution is -2.12. The average molecular weight is 356 g/mol. The highest BCUT2D eigenvalue weighted by Gasteiger charge is 2.14. The summed E-state index contributed by atoms with van der Waals surface area (Å²) in [5.74, 6) is 1.35. The van der Waals surface area contributed by atoms with Gasteiger partial charge in [0.2, 0.25) is 5.89 Å². The molecule has 0 aliphatic carbocycles. The van der Waals surface area contributed by atoms with Crippen molar-refractivity contribution in [3.05, 3.63) is 65.5 Å². The van der Waals surface area contributed by atoms with E-state index in [0.717, 1.165) is 29.0 Å². The Morgan fingerprint density at radius 1 is 1.00 bits per heavy atom. The van der Waals surface area contributed by atoms with Crippen LogP contribution in [0, 0.1) is 13.8 Å². The molecular formula is C19H20N2O3S. The third-order valence-corrected chi connectivity index (χ3v) is 5.34. The van der Waals surface area contributed by atoms with Crippen LogP contribution in [0.3, 0.4) is 0 Å². The van der Waals surface area contributed by atoms with E-state index in [2.05, 4.69) is 9.71 Å². The fourth-order valence-electron chi connectivity index (χ4n) is 2.49. The van der Waals surface area contributed by atoms with Crippen molar-refractivity contribution in [2.75, 3.05) is 4.72 Å². The number of hydrogen-bond donors (Lipinski definition) is 1. The molecule has 2 aromatic carbocycles. The van der Waals surface area contributed by atoms with E-state index in [1.165, 1.54) is 0 Å². The van der Waals surface area contributed by atoms with Crippen LogP contribution in [0.2, 0.25) is 0 Å². The molecule has 3 rings (SSSR count). The highest BCUT2D eigenvalue weighted by molar-refractivity contribution is 7.92. The van der Waals surface area contributed by atoms with Crippen LogP contribution in [0.25, 0.3) is 11.5 Å². The van der Waals surface area contributed by atoms with Gasteiger partial charge in [0.1, 0.15) is 5.76 Å². The van der Waals surface area contributed by atoms with E-state index < -0.39 is 10.0 Å². The van der Waals surface area contributed by atoms with Gasteiger partial charge in [-0.15, -0.1) is 0 Å². The summed E-state index contributed by atoms with van der Waals surface area (Å²) in [6.07, 6.45) is 0.809. The molecule has 0 bridgehead atoms. The Hall–Kier alpha value is -2.60. The van der Waals surface area contributed by atoms with Gasteiger partial charge in [-0.2, -0.15) is 0 Å². The van der Waals surface area contributed by atoms with Crippen molar-refractivity contribution >= 4 is 15.7 Å². The van der Waals surface area contributed by atoms with Gasteiger partial charge in [0.15, 0.2) is 0 Å². The number of nitrogens with zero attached hydrogens (tertiary/aromatic N) is 1. The van der Waals surface area contributed by atoms with E-state index in [1.807, 2.05) is 20.8 Å². The van der Waals surface area contributed by atoms with E-state index in [9.17, 15) is 8.42 Å². The van der Waals surface area contributed by atoms with Gasteiger partial charge in [0.05, 0.1) is 10.6 Å². The summed E-state index contributed by atoms with van der Waals surface area (Å²) in [5, 5.41) is 0. The zero-order valence-corrected chi connectivity index (χ0v) is 15.2. The fraction of sp³-hybridized carbons (Fsp3) is 0.211. The average Bonchev–Trinajstić information content (AvgIpc) is 2.96. The summed E-state index contributed by atoms with van der Waals surface area (Å²) >= 11 is 0. The molecule has 5 nitrogen and oxygen atoms in total. The number of aromatic nitrogens is 1. The predicted octanol–water partition coefficient (Wildman–Crippen LogP) is 4.32. The molecule has 6 heteroatoms. The predicted molar refractivity (Wildman–Crippen MR) is 98.0 cm³/mol. The third-order valence-electron chi connectivity index (χ3n) is 3.94. The van der Waals surface area contributed by atoms with Crippen LogP contribution >= 0.6 is 0 Å². The summed E-state index contributed by atoms with van der Waals surface area (Å²) in [7, 11) is -3.60. The van der Waals surface area contributed by atoms with Crippen LogP contribution in [0.1, 0.15) is 23.9 Å². The van der Waals surface area contributed by atoms with Crippen LogP contribution in [0.5, 0.6) is 0 Å². The normalized spacial score (nSPS) is 11.5. The Morgan fingerprint density at radius 3 is 2.20 bits per heavy atom. The van der Waals surface area contributed by atoms with Crippen molar-refractivity contribution in [2.24, 2.45) is 0 Å². The van der Waals surface area contributed by atoms with Gasteiger partial charge in [-0.25, -0.2) is 13.4 Å². The van der Waals surface area contributed by atoms with Gasteiger partial charge in [-0.1, -0.05) is 24.6 Å². The number of oxazole rings is 1. The minimum atomic E-state index is -3.60. The van der Waals surface area contributed by atoms with Crippen LogP contribution < -0.4 is 4.72 Å². The zero-order valence-electron chi connectivity index (χ0n) is 14.4. The Bertz CT molecular complexity index is 973. The lowest BCUT2D eigenvalue weighted by atomic mass is 10.2. The molecule has 0 unspecified atom stereocenters. The van der Waals surface area contributed by atoms with Crippen LogP contribution in [0.15, 0.2) is 57.8 Å².